The second-order valence-electron chi connectivity index (χ2n) is 13.6. The van der Waals surface area contributed by atoms with Crippen molar-refractivity contribution in [2.75, 3.05) is 27.2 Å². The Morgan fingerprint density at radius 2 is 1.18 bits per heavy atom. The van der Waals surface area contributed by atoms with E-state index in [0.717, 1.165) is 38.8 Å². The highest BCUT2D eigenvalue weighted by molar-refractivity contribution is 5.75. The van der Waals surface area contributed by atoms with Crippen LogP contribution in [0.15, 0.2) is 11.6 Å². The molecule has 0 aromatic heterocycles. The molecule has 0 atom stereocenters. The summed E-state index contributed by atoms with van der Waals surface area (Å²) in [4.78, 5) is 14.4. The van der Waals surface area contributed by atoms with E-state index < -0.39 is 0 Å². The summed E-state index contributed by atoms with van der Waals surface area (Å²) in [5, 5.41) is 3.13. The van der Waals surface area contributed by atoms with Gasteiger partial charge in [-0.2, -0.15) is 0 Å². The Balaban J connectivity index is 2.25. The normalized spacial score (nSPS) is 14.7. The first kappa shape index (κ1) is 37.2. The molecule has 0 aliphatic heterocycles. The number of amides is 1. The largest absolute Gasteiger partial charge is 0.356 e. The number of carbonyl (C=O) groups excluding carboxylic acids is 1. The molecule has 0 saturated heterocycles. The summed E-state index contributed by atoms with van der Waals surface area (Å²) in [6, 6.07) is 0. The van der Waals surface area contributed by atoms with Crippen LogP contribution in [-0.4, -0.2) is 38.0 Å². The molecule has 0 spiro atoms. The van der Waals surface area contributed by atoms with Gasteiger partial charge < -0.3 is 10.2 Å². The van der Waals surface area contributed by atoms with E-state index in [1.54, 1.807) is 5.57 Å². The van der Waals surface area contributed by atoms with Crippen molar-refractivity contribution in [3.8, 4) is 0 Å². The Morgan fingerprint density at radius 1 is 0.650 bits per heavy atom. The number of rotatable bonds is 30. The van der Waals surface area contributed by atoms with E-state index in [1.807, 2.05) is 0 Å². The standard InChI is InChI=1S/C37H72N2O/c1-5-7-9-11-13-15-17-19-26-35(25-18-16-14-12-10-8-6-2)27-20-21-29-37(31-32-37)30-24-28-36(40)38-33-22-23-34-39(3)4/h27H,5-26,28-34H2,1-4H3,(H,38,40). The number of hydrogen-bond acceptors (Lipinski definition) is 2. The lowest BCUT2D eigenvalue weighted by Gasteiger charge is -2.15. The molecule has 0 unspecified atom stereocenters. The average molecular weight is 561 g/mol. The third-order valence-electron chi connectivity index (χ3n) is 9.22. The van der Waals surface area contributed by atoms with Gasteiger partial charge in [0.15, 0.2) is 0 Å². The molecule has 0 aromatic rings. The van der Waals surface area contributed by atoms with Crippen molar-refractivity contribution in [3.63, 3.8) is 0 Å². The predicted molar refractivity (Wildman–Crippen MR) is 178 cm³/mol. The lowest BCUT2D eigenvalue weighted by atomic mass is 9.91. The molecule has 1 N–H and O–H groups in total. The topological polar surface area (TPSA) is 32.3 Å². The molecular weight excluding hydrogens is 488 g/mol. The molecule has 0 bridgehead atoms. The van der Waals surface area contributed by atoms with Crippen molar-refractivity contribution in [2.45, 2.75) is 187 Å². The van der Waals surface area contributed by atoms with Crippen molar-refractivity contribution in [3.05, 3.63) is 11.6 Å². The third kappa shape index (κ3) is 22.8. The molecular formula is C37H72N2O. The molecule has 236 valence electrons. The van der Waals surface area contributed by atoms with Crippen molar-refractivity contribution < 1.29 is 4.79 Å². The zero-order valence-electron chi connectivity index (χ0n) is 27.9. The van der Waals surface area contributed by atoms with Crippen LogP contribution in [0.2, 0.25) is 0 Å². The van der Waals surface area contributed by atoms with Crippen LogP contribution in [0.1, 0.15) is 187 Å². The van der Waals surface area contributed by atoms with Crippen LogP contribution in [0.4, 0.5) is 0 Å². The Kier molecular flexibility index (Phi) is 24.0. The summed E-state index contributed by atoms with van der Waals surface area (Å²) in [6.45, 7) is 6.56. The van der Waals surface area contributed by atoms with E-state index in [2.05, 4.69) is 44.2 Å². The van der Waals surface area contributed by atoms with Gasteiger partial charge in [0.1, 0.15) is 0 Å². The minimum atomic E-state index is 0.263. The fourth-order valence-corrected chi connectivity index (χ4v) is 6.20. The third-order valence-corrected chi connectivity index (χ3v) is 9.22. The molecule has 1 amide bonds. The summed E-state index contributed by atoms with van der Waals surface area (Å²) >= 11 is 0. The molecule has 3 nitrogen and oxygen atoms in total. The summed E-state index contributed by atoms with van der Waals surface area (Å²) in [7, 11) is 4.22. The first-order valence-electron chi connectivity index (χ1n) is 18.1. The maximum absolute atomic E-state index is 12.2. The molecule has 0 aromatic carbocycles. The molecule has 1 rings (SSSR count). The molecule has 1 aliphatic carbocycles. The van der Waals surface area contributed by atoms with Crippen molar-refractivity contribution >= 4 is 5.91 Å². The van der Waals surface area contributed by atoms with Gasteiger partial charge in [-0.15, -0.1) is 0 Å². The summed E-state index contributed by atoms with van der Waals surface area (Å²) in [5.41, 5.74) is 2.35. The van der Waals surface area contributed by atoms with Crippen LogP contribution in [-0.2, 0) is 4.79 Å². The number of carbonyl (C=O) groups is 1. The first-order valence-corrected chi connectivity index (χ1v) is 18.1. The zero-order chi connectivity index (χ0) is 29.2. The Bertz CT molecular complexity index is 607. The number of hydrogen-bond donors (Lipinski definition) is 1. The molecule has 1 fully saturated rings. The summed E-state index contributed by atoms with van der Waals surface area (Å²) in [6.07, 6.45) is 38.6. The van der Waals surface area contributed by atoms with Crippen LogP contribution in [0, 0.1) is 5.41 Å². The number of unbranched alkanes of at least 4 members (excludes halogenated alkanes) is 15. The van der Waals surface area contributed by atoms with Gasteiger partial charge in [-0.1, -0.05) is 109 Å². The molecule has 1 saturated carbocycles. The minimum Gasteiger partial charge on any atom is -0.356 e. The smallest absolute Gasteiger partial charge is 0.219 e. The molecule has 1 aliphatic rings. The molecule has 40 heavy (non-hydrogen) atoms. The molecule has 0 heterocycles. The Morgan fingerprint density at radius 3 is 1.70 bits per heavy atom. The maximum Gasteiger partial charge on any atom is 0.219 e. The van der Waals surface area contributed by atoms with E-state index in [0.29, 0.717) is 5.41 Å². The highest BCUT2D eigenvalue weighted by atomic mass is 16.1. The van der Waals surface area contributed by atoms with Gasteiger partial charge in [-0.05, 0) is 110 Å². The number of nitrogens with zero attached hydrogens (tertiary/aromatic N) is 1. The van der Waals surface area contributed by atoms with Crippen molar-refractivity contribution in [1.29, 1.82) is 0 Å². The van der Waals surface area contributed by atoms with Crippen LogP contribution >= 0.6 is 0 Å². The van der Waals surface area contributed by atoms with E-state index in [-0.39, 0.29) is 5.91 Å². The lowest BCUT2D eigenvalue weighted by molar-refractivity contribution is -0.121. The number of nitrogens with one attached hydrogen (secondary N) is 1. The van der Waals surface area contributed by atoms with Gasteiger partial charge in [0.25, 0.3) is 0 Å². The second kappa shape index (κ2) is 25.8. The van der Waals surface area contributed by atoms with Crippen LogP contribution in [0.25, 0.3) is 0 Å². The van der Waals surface area contributed by atoms with E-state index in [9.17, 15) is 4.79 Å². The van der Waals surface area contributed by atoms with Crippen LogP contribution in [0.3, 0.4) is 0 Å². The van der Waals surface area contributed by atoms with E-state index in [4.69, 9.17) is 0 Å². The van der Waals surface area contributed by atoms with Gasteiger partial charge in [0.05, 0.1) is 0 Å². The fourth-order valence-electron chi connectivity index (χ4n) is 6.20. The van der Waals surface area contributed by atoms with Gasteiger partial charge >= 0.3 is 0 Å². The highest BCUT2D eigenvalue weighted by Gasteiger charge is 2.40. The monoisotopic (exact) mass is 561 g/mol. The average Bonchev–Trinajstić information content (AvgIpc) is 3.70. The zero-order valence-corrected chi connectivity index (χ0v) is 27.9. The predicted octanol–water partition coefficient (Wildman–Crippen LogP) is 11.2. The van der Waals surface area contributed by atoms with Gasteiger partial charge in [-0.3, -0.25) is 4.79 Å². The van der Waals surface area contributed by atoms with E-state index >= 15 is 0 Å². The summed E-state index contributed by atoms with van der Waals surface area (Å²) < 4.78 is 0. The number of allylic oxidation sites excluding steroid dienone is 2. The van der Waals surface area contributed by atoms with Crippen LogP contribution < -0.4 is 5.32 Å². The van der Waals surface area contributed by atoms with Crippen LogP contribution in [0.5, 0.6) is 0 Å². The second-order valence-corrected chi connectivity index (χ2v) is 13.6. The Hall–Kier alpha value is -0.830. The van der Waals surface area contributed by atoms with Gasteiger partial charge in [0, 0.05) is 13.0 Å². The fraction of sp³-hybridized carbons (Fsp3) is 0.919. The Labute approximate surface area is 252 Å². The van der Waals surface area contributed by atoms with Crippen molar-refractivity contribution in [1.82, 2.24) is 10.2 Å². The lowest BCUT2D eigenvalue weighted by Crippen LogP contribution is -2.25. The molecule has 3 heteroatoms. The first-order chi connectivity index (χ1) is 19.5. The van der Waals surface area contributed by atoms with Gasteiger partial charge in [-0.25, -0.2) is 0 Å². The molecule has 0 radical (unpaired) electrons. The summed E-state index contributed by atoms with van der Waals surface area (Å²) in [5.74, 6) is 0.263. The van der Waals surface area contributed by atoms with E-state index in [1.165, 1.54) is 148 Å². The van der Waals surface area contributed by atoms with Crippen molar-refractivity contribution in [2.24, 2.45) is 5.41 Å². The maximum atomic E-state index is 12.2. The minimum absolute atomic E-state index is 0.263. The SMILES string of the molecule is CCCCCCCCCCC(=CCCCC1(CCCC(=O)NCCCCN(C)C)CC1)CCCCCCCCC. The van der Waals surface area contributed by atoms with Gasteiger partial charge in [0.2, 0.25) is 5.91 Å². The quantitative estimate of drug-likeness (QED) is 0.0700. The highest BCUT2D eigenvalue weighted by Crippen LogP contribution is 2.53.